The molecule has 82 valence electrons. The highest BCUT2D eigenvalue weighted by Gasteiger charge is 2.30. The SMILES string of the molecule is Cc1cccc(CC2NC(C)(C)CO2)c1. The maximum absolute atomic E-state index is 5.70. The molecule has 0 spiro atoms. The van der Waals surface area contributed by atoms with E-state index >= 15 is 0 Å². The van der Waals surface area contributed by atoms with Gasteiger partial charge in [-0.2, -0.15) is 0 Å². The first-order valence-corrected chi connectivity index (χ1v) is 5.50. The molecule has 0 aromatic heterocycles. The normalized spacial score (nSPS) is 24.3. The highest BCUT2D eigenvalue weighted by atomic mass is 16.5. The van der Waals surface area contributed by atoms with Crippen LogP contribution in [0, 0.1) is 6.92 Å². The molecule has 0 radical (unpaired) electrons. The molecule has 1 aliphatic rings. The van der Waals surface area contributed by atoms with Crippen molar-refractivity contribution in [3.63, 3.8) is 0 Å². The number of benzene rings is 1. The molecule has 1 fully saturated rings. The van der Waals surface area contributed by atoms with Crippen LogP contribution in [0.5, 0.6) is 0 Å². The highest BCUT2D eigenvalue weighted by Crippen LogP contribution is 2.17. The van der Waals surface area contributed by atoms with Gasteiger partial charge in [0.15, 0.2) is 0 Å². The third-order valence-corrected chi connectivity index (χ3v) is 2.70. The number of rotatable bonds is 2. The summed E-state index contributed by atoms with van der Waals surface area (Å²) in [5.74, 6) is 0. The van der Waals surface area contributed by atoms with Crippen molar-refractivity contribution < 1.29 is 4.74 Å². The van der Waals surface area contributed by atoms with E-state index < -0.39 is 0 Å². The standard InChI is InChI=1S/C13H19NO/c1-10-5-4-6-11(7-10)8-12-14-13(2,3)9-15-12/h4-7,12,14H,8-9H2,1-3H3. The summed E-state index contributed by atoms with van der Waals surface area (Å²) in [6.07, 6.45) is 1.12. The van der Waals surface area contributed by atoms with Crippen molar-refractivity contribution in [3.8, 4) is 0 Å². The first-order valence-electron chi connectivity index (χ1n) is 5.50. The fourth-order valence-electron chi connectivity index (χ4n) is 1.99. The van der Waals surface area contributed by atoms with Crippen molar-refractivity contribution in [1.82, 2.24) is 5.32 Å². The van der Waals surface area contributed by atoms with Crippen molar-refractivity contribution in [1.29, 1.82) is 0 Å². The van der Waals surface area contributed by atoms with Crippen molar-refractivity contribution in [2.75, 3.05) is 6.61 Å². The summed E-state index contributed by atoms with van der Waals surface area (Å²) < 4.78 is 5.70. The van der Waals surface area contributed by atoms with Crippen LogP contribution in [0.2, 0.25) is 0 Å². The predicted octanol–water partition coefficient (Wildman–Crippen LogP) is 2.26. The number of nitrogens with one attached hydrogen (secondary N) is 1. The molecule has 1 heterocycles. The summed E-state index contributed by atoms with van der Waals surface area (Å²) in [6, 6.07) is 8.60. The molecule has 1 aliphatic heterocycles. The molecule has 1 aromatic carbocycles. The van der Waals surface area contributed by atoms with Gasteiger partial charge < -0.3 is 4.74 Å². The Hall–Kier alpha value is -0.860. The van der Waals surface area contributed by atoms with Gasteiger partial charge in [-0.1, -0.05) is 29.8 Å². The Balaban J connectivity index is 1.99. The van der Waals surface area contributed by atoms with Crippen LogP contribution in [-0.4, -0.2) is 18.4 Å². The lowest BCUT2D eigenvalue weighted by molar-refractivity contribution is 0.0987. The van der Waals surface area contributed by atoms with Gasteiger partial charge in [-0.3, -0.25) is 5.32 Å². The molecule has 2 nitrogen and oxygen atoms in total. The van der Waals surface area contributed by atoms with Crippen LogP contribution in [0.15, 0.2) is 24.3 Å². The van der Waals surface area contributed by atoms with Crippen molar-refractivity contribution >= 4 is 0 Å². The topological polar surface area (TPSA) is 21.3 Å². The molecule has 1 atom stereocenters. The molecular formula is C13H19NO. The van der Waals surface area contributed by atoms with E-state index in [1.165, 1.54) is 11.1 Å². The zero-order chi connectivity index (χ0) is 10.9. The molecule has 1 aromatic rings. The minimum Gasteiger partial charge on any atom is -0.361 e. The summed E-state index contributed by atoms with van der Waals surface area (Å²) >= 11 is 0. The number of hydrogen-bond acceptors (Lipinski definition) is 2. The third kappa shape index (κ3) is 2.80. The molecular weight excluding hydrogens is 186 g/mol. The summed E-state index contributed by atoms with van der Waals surface area (Å²) in [5, 5.41) is 3.48. The predicted molar refractivity (Wildman–Crippen MR) is 61.8 cm³/mol. The molecule has 0 bridgehead atoms. The van der Waals surface area contributed by atoms with Crippen LogP contribution >= 0.6 is 0 Å². The van der Waals surface area contributed by atoms with Crippen molar-refractivity contribution in [2.24, 2.45) is 0 Å². The first-order chi connectivity index (χ1) is 7.05. The minimum absolute atomic E-state index is 0.120. The van der Waals surface area contributed by atoms with Crippen LogP contribution in [-0.2, 0) is 11.2 Å². The maximum Gasteiger partial charge on any atom is 0.112 e. The summed E-state index contributed by atoms with van der Waals surface area (Å²) in [6.45, 7) is 7.26. The number of hydrogen-bond donors (Lipinski definition) is 1. The van der Waals surface area contributed by atoms with E-state index in [-0.39, 0.29) is 11.8 Å². The molecule has 0 saturated carbocycles. The lowest BCUT2D eigenvalue weighted by Gasteiger charge is -2.17. The van der Waals surface area contributed by atoms with Gasteiger partial charge >= 0.3 is 0 Å². The molecule has 1 N–H and O–H groups in total. The minimum atomic E-state index is 0.120. The Morgan fingerprint density at radius 3 is 2.87 bits per heavy atom. The molecule has 1 saturated heterocycles. The molecule has 2 heteroatoms. The first kappa shape index (κ1) is 10.7. The van der Waals surface area contributed by atoms with E-state index in [1.807, 2.05) is 0 Å². The van der Waals surface area contributed by atoms with Crippen LogP contribution in [0.1, 0.15) is 25.0 Å². The third-order valence-electron chi connectivity index (χ3n) is 2.70. The summed E-state index contributed by atoms with van der Waals surface area (Å²) in [7, 11) is 0. The lowest BCUT2D eigenvalue weighted by atomic mass is 10.1. The van der Waals surface area contributed by atoms with Gasteiger partial charge in [-0.05, 0) is 26.3 Å². The average molecular weight is 205 g/mol. The summed E-state index contributed by atoms with van der Waals surface area (Å²) in [5.41, 5.74) is 2.77. The second-order valence-electron chi connectivity index (χ2n) is 5.02. The Bertz CT molecular complexity index is 346. The van der Waals surface area contributed by atoms with Gasteiger partial charge in [0.2, 0.25) is 0 Å². The van der Waals surface area contributed by atoms with E-state index in [4.69, 9.17) is 4.74 Å². The van der Waals surface area contributed by atoms with Crippen LogP contribution in [0.4, 0.5) is 0 Å². The lowest BCUT2D eigenvalue weighted by Crippen LogP contribution is -2.39. The van der Waals surface area contributed by atoms with Gasteiger partial charge in [-0.15, -0.1) is 0 Å². The second kappa shape index (κ2) is 3.95. The molecule has 15 heavy (non-hydrogen) atoms. The largest absolute Gasteiger partial charge is 0.361 e. The van der Waals surface area contributed by atoms with Gasteiger partial charge in [-0.25, -0.2) is 0 Å². The van der Waals surface area contributed by atoms with Crippen molar-refractivity contribution in [3.05, 3.63) is 35.4 Å². The van der Waals surface area contributed by atoms with Gasteiger partial charge in [0.05, 0.1) is 6.61 Å². The molecule has 2 rings (SSSR count). The maximum atomic E-state index is 5.70. The Morgan fingerprint density at radius 1 is 1.47 bits per heavy atom. The molecule has 1 unspecified atom stereocenters. The van der Waals surface area contributed by atoms with Crippen LogP contribution < -0.4 is 5.32 Å². The second-order valence-corrected chi connectivity index (χ2v) is 5.02. The zero-order valence-corrected chi connectivity index (χ0v) is 9.71. The van der Waals surface area contributed by atoms with Gasteiger partial charge in [0.1, 0.15) is 6.23 Å². The monoisotopic (exact) mass is 205 g/mol. The van der Waals surface area contributed by atoms with E-state index in [9.17, 15) is 0 Å². The smallest absolute Gasteiger partial charge is 0.112 e. The van der Waals surface area contributed by atoms with Crippen LogP contribution in [0.25, 0.3) is 0 Å². The van der Waals surface area contributed by atoms with Gasteiger partial charge in [0, 0.05) is 12.0 Å². The fraction of sp³-hybridized carbons (Fsp3) is 0.538. The van der Waals surface area contributed by atoms with Gasteiger partial charge in [0.25, 0.3) is 0 Å². The van der Waals surface area contributed by atoms with E-state index in [2.05, 4.69) is 50.4 Å². The number of ether oxygens (including phenoxy) is 1. The Morgan fingerprint density at radius 2 is 2.27 bits per heavy atom. The van der Waals surface area contributed by atoms with E-state index in [0.29, 0.717) is 0 Å². The quantitative estimate of drug-likeness (QED) is 0.799. The highest BCUT2D eigenvalue weighted by molar-refractivity contribution is 5.22. The molecule has 0 aliphatic carbocycles. The van der Waals surface area contributed by atoms with Crippen molar-refractivity contribution in [2.45, 2.75) is 39.0 Å². The zero-order valence-electron chi connectivity index (χ0n) is 9.71. The Labute approximate surface area is 91.6 Å². The van der Waals surface area contributed by atoms with Crippen LogP contribution in [0.3, 0.4) is 0 Å². The average Bonchev–Trinajstić information content (AvgIpc) is 2.45. The molecule has 0 amide bonds. The van der Waals surface area contributed by atoms with E-state index in [1.54, 1.807) is 0 Å². The Kier molecular flexibility index (Phi) is 2.81. The van der Waals surface area contributed by atoms with E-state index in [0.717, 1.165) is 13.0 Å². The number of aryl methyl sites for hydroxylation is 1. The fourth-order valence-corrected chi connectivity index (χ4v) is 1.99. The summed E-state index contributed by atoms with van der Waals surface area (Å²) in [4.78, 5) is 0.